The smallest absolute Gasteiger partial charge is 0.143 e. The SMILES string of the molecule is N#Cc1c[nH]c2ncnc(Sc3c(F)cc(F)cc3F)c12. The van der Waals surface area contributed by atoms with Gasteiger partial charge in [0.15, 0.2) is 0 Å². The number of nitriles is 1. The first-order chi connectivity index (χ1) is 10.1. The fourth-order valence-corrected chi connectivity index (χ4v) is 2.74. The zero-order chi connectivity index (χ0) is 15.0. The zero-order valence-electron chi connectivity index (χ0n) is 10.2. The minimum atomic E-state index is -1.03. The molecule has 4 nitrogen and oxygen atoms in total. The van der Waals surface area contributed by atoms with Crippen molar-refractivity contribution >= 4 is 22.8 Å². The van der Waals surface area contributed by atoms with Gasteiger partial charge in [0, 0.05) is 18.3 Å². The van der Waals surface area contributed by atoms with Gasteiger partial charge < -0.3 is 4.98 Å². The van der Waals surface area contributed by atoms with Gasteiger partial charge >= 0.3 is 0 Å². The van der Waals surface area contributed by atoms with Crippen molar-refractivity contribution in [1.29, 1.82) is 5.26 Å². The number of aromatic nitrogens is 3. The Bertz CT molecular complexity index is 862. The first-order valence-corrected chi connectivity index (χ1v) is 6.46. The molecule has 0 unspecified atom stereocenters. The molecule has 0 fully saturated rings. The highest BCUT2D eigenvalue weighted by molar-refractivity contribution is 7.99. The van der Waals surface area contributed by atoms with Gasteiger partial charge in [0.05, 0.1) is 15.8 Å². The largest absolute Gasteiger partial charge is 0.345 e. The summed E-state index contributed by atoms with van der Waals surface area (Å²) < 4.78 is 40.3. The molecule has 3 aromatic rings. The van der Waals surface area contributed by atoms with Crippen LogP contribution < -0.4 is 0 Å². The molecule has 0 radical (unpaired) electrons. The molecule has 21 heavy (non-hydrogen) atoms. The molecule has 0 saturated heterocycles. The molecule has 0 aliphatic heterocycles. The van der Waals surface area contributed by atoms with E-state index >= 15 is 0 Å². The third-order valence-electron chi connectivity index (χ3n) is 2.72. The number of nitrogens with zero attached hydrogens (tertiary/aromatic N) is 3. The number of fused-ring (bicyclic) bond motifs is 1. The lowest BCUT2D eigenvalue weighted by Crippen LogP contribution is -1.92. The van der Waals surface area contributed by atoms with Gasteiger partial charge in [-0.05, 0) is 0 Å². The van der Waals surface area contributed by atoms with E-state index in [1.54, 1.807) is 0 Å². The average Bonchev–Trinajstić information content (AvgIpc) is 2.86. The second-order valence-corrected chi connectivity index (χ2v) is 5.02. The number of halogens is 3. The average molecular weight is 306 g/mol. The van der Waals surface area contributed by atoms with E-state index in [1.807, 2.05) is 6.07 Å². The van der Waals surface area contributed by atoms with Gasteiger partial charge in [-0.15, -0.1) is 0 Å². The number of nitrogens with one attached hydrogen (secondary N) is 1. The van der Waals surface area contributed by atoms with E-state index in [1.165, 1.54) is 12.5 Å². The summed E-state index contributed by atoms with van der Waals surface area (Å²) in [6.07, 6.45) is 2.64. The Hall–Kier alpha value is -2.53. The van der Waals surface area contributed by atoms with E-state index in [9.17, 15) is 13.2 Å². The second kappa shape index (κ2) is 5.10. The molecule has 1 N–H and O–H groups in total. The normalized spacial score (nSPS) is 10.8. The molecule has 104 valence electrons. The first-order valence-electron chi connectivity index (χ1n) is 5.64. The summed E-state index contributed by atoms with van der Waals surface area (Å²) in [5.74, 6) is -3.06. The van der Waals surface area contributed by atoms with Crippen LogP contribution in [0.2, 0.25) is 0 Å². The van der Waals surface area contributed by atoms with Gasteiger partial charge in [0.25, 0.3) is 0 Å². The standard InChI is InChI=1S/C13H5F3N4S/c14-7-1-8(15)11(9(16)2-7)21-13-10-6(3-17)4-18-12(10)19-5-20-13/h1-2,4-5H,(H,18,19,20). The van der Waals surface area contributed by atoms with E-state index in [-0.39, 0.29) is 15.5 Å². The lowest BCUT2D eigenvalue weighted by Gasteiger charge is -2.05. The Kier molecular flexibility index (Phi) is 3.27. The number of hydrogen-bond acceptors (Lipinski definition) is 4. The van der Waals surface area contributed by atoms with Crippen LogP contribution in [0, 0.1) is 28.8 Å². The predicted octanol–water partition coefficient (Wildman–Crippen LogP) is 3.40. The Morgan fingerprint density at radius 3 is 2.52 bits per heavy atom. The molecule has 0 bridgehead atoms. The maximum absolute atomic E-state index is 13.7. The summed E-state index contributed by atoms with van der Waals surface area (Å²) in [6.45, 7) is 0. The number of benzene rings is 1. The van der Waals surface area contributed by atoms with E-state index in [4.69, 9.17) is 5.26 Å². The molecule has 2 heterocycles. The second-order valence-electron chi connectivity index (χ2n) is 4.02. The number of aromatic amines is 1. The summed E-state index contributed by atoms with van der Waals surface area (Å²) in [5, 5.41) is 9.61. The number of H-pyrrole nitrogens is 1. The molecule has 2 aromatic heterocycles. The molecule has 1 aromatic carbocycles. The van der Waals surface area contributed by atoms with Crippen LogP contribution in [-0.4, -0.2) is 15.0 Å². The van der Waals surface area contributed by atoms with Crippen molar-refractivity contribution in [1.82, 2.24) is 15.0 Å². The van der Waals surface area contributed by atoms with Crippen molar-refractivity contribution in [2.75, 3.05) is 0 Å². The molecule has 0 aliphatic rings. The van der Waals surface area contributed by atoms with Crippen LogP contribution in [0.3, 0.4) is 0 Å². The maximum atomic E-state index is 13.7. The Morgan fingerprint density at radius 2 is 1.86 bits per heavy atom. The molecule has 0 aliphatic carbocycles. The maximum Gasteiger partial charge on any atom is 0.143 e. The first kappa shape index (κ1) is 13.5. The van der Waals surface area contributed by atoms with E-state index in [0.717, 1.165) is 0 Å². The van der Waals surface area contributed by atoms with Crippen molar-refractivity contribution in [3.05, 3.63) is 47.7 Å². The van der Waals surface area contributed by atoms with E-state index in [2.05, 4.69) is 15.0 Å². The molecule has 0 saturated carbocycles. The minimum absolute atomic E-state index is 0.210. The van der Waals surface area contributed by atoms with Crippen molar-refractivity contribution in [2.24, 2.45) is 0 Å². The highest BCUT2D eigenvalue weighted by atomic mass is 32.2. The van der Waals surface area contributed by atoms with Crippen LogP contribution in [0.5, 0.6) is 0 Å². The van der Waals surface area contributed by atoms with Crippen molar-refractivity contribution in [3.63, 3.8) is 0 Å². The predicted molar refractivity (Wildman–Crippen MR) is 69.0 cm³/mol. The van der Waals surface area contributed by atoms with Gasteiger partial charge in [-0.25, -0.2) is 23.1 Å². The lowest BCUT2D eigenvalue weighted by atomic mass is 10.3. The van der Waals surface area contributed by atoms with Crippen molar-refractivity contribution in [2.45, 2.75) is 9.92 Å². The number of rotatable bonds is 2. The van der Waals surface area contributed by atoms with Crippen LogP contribution in [0.4, 0.5) is 13.2 Å². The van der Waals surface area contributed by atoms with Gasteiger partial charge in [-0.3, -0.25) is 0 Å². The summed E-state index contributed by atoms with van der Waals surface area (Å²) in [5.41, 5.74) is 0.642. The van der Waals surface area contributed by atoms with E-state index < -0.39 is 17.5 Å². The van der Waals surface area contributed by atoms with Crippen LogP contribution in [0.25, 0.3) is 11.0 Å². The summed E-state index contributed by atoms with van der Waals surface area (Å²) >= 11 is 0.674. The molecule has 0 spiro atoms. The van der Waals surface area contributed by atoms with Crippen molar-refractivity contribution < 1.29 is 13.2 Å². The molecule has 0 amide bonds. The fourth-order valence-electron chi connectivity index (χ4n) is 1.82. The fraction of sp³-hybridized carbons (Fsp3) is 0. The quantitative estimate of drug-likeness (QED) is 0.737. The highest BCUT2D eigenvalue weighted by Gasteiger charge is 2.17. The van der Waals surface area contributed by atoms with Gasteiger partial charge in [-0.1, -0.05) is 11.8 Å². The Labute approximate surface area is 120 Å². The van der Waals surface area contributed by atoms with Crippen LogP contribution in [0.15, 0.2) is 34.6 Å². The molecule has 3 rings (SSSR count). The topological polar surface area (TPSA) is 65.4 Å². The monoisotopic (exact) mass is 306 g/mol. The van der Waals surface area contributed by atoms with Crippen LogP contribution in [0.1, 0.15) is 5.56 Å². The Morgan fingerprint density at radius 1 is 1.14 bits per heavy atom. The minimum Gasteiger partial charge on any atom is -0.345 e. The molecule has 8 heteroatoms. The summed E-state index contributed by atoms with van der Waals surface area (Å²) in [7, 11) is 0. The van der Waals surface area contributed by atoms with Crippen molar-refractivity contribution in [3.8, 4) is 6.07 Å². The molecular formula is C13H5F3N4S. The number of hydrogen-bond donors (Lipinski definition) is 1. The summed E-state index contributed by atoms with van der Waals surface area (Å²) in [6, 6.07) is 3.12. The molecular weight excluding hydrogens is 301 g/mol. The third-order valence-corrected chi connectivity index (χ3v) is 3.81. The summed E-state index contributed by atoms with van der Waals surface area (Å²) in [4.78, 5) is 10.3. The van der Waals surface area contributed by atoms with Gasteiger partial charge in [0.2, 0.25) is 0 Å². The van der Waals surface area contributed by atoms with Crippen LogP contribution in [-0.2, 0) is 0 Å². The van der Waals surface area contributed by atoms with Gasteiger partial charge in [-0.2, -0.15) is 5.26 Å². The highest BCUT2D eigenvalue weighted by Crippen LogP contribution is 2.35. The Balaban J connectivity index is 2.15. The third kappa shape index (κ3) is 2.32. The van der Waals surface area contributed by atoms with Gasteiger partial charge in [0.1, 0.15) is 40.5 Å². The van der Waals surface area contributed by atoms with E-state index in [0.29, 0.717) is 34.9 Å². The molecule has 0 atom stereocenters. The lowest BCUT2D eigenvalue weighted by molar-refractivity contribution is 0.510. The van der Waals surface area contributed by atoms with Crippen LogP contribution >= 0.6 is 11.8 Å². The zero-order valence-corrected chi connectivity index (χ0v) is 11.0.